The Bertz CT molecular complexity index is 545. The fraction of sp³-hybridized carbons (Fsp3) is 0.231. The maximum Gasteiger partial charge on any atom is 0.252 e. The van der Waals surface area contributed by atoms with Gasteiger partial charge >= 0.3 is 0 Å². The Morgan fingerprint density at radius 1 is 1.29 bits per heavy atom. The van der Waals surface area contributed by atoms with E-state index in [0.717, 1.165) is 5.56 Å². The van der Waals surface area contributed by atoms with Crippen LogP contribution < -0.4 is 10.9 Å². The van der Waals surface area contributed by atoms with E-state index in [9.17, 15) is 4.79 Å². The van der Waals surface area contributed by atoms with E-state index in [1.54, 1.807) is 0 Å². The van der Waals surface area contributed by atoms with Crippen molar-refractivity contribution >= 4 is 5.82 Å². The third-order valence-electron chi connectivity index (χ3n) is 2.62. The van der Waals surface area contributed by atoms with Crippen LogP contribution in [0.15, 0.2) is 41.5 Å². The minimum Gasteiger partial charge on any atom is -0.363 e. The molecule has 0 aliphatic carbocycles. The van der Waals surface area contributed by atoms with Gasteiger partial charge in [0.2, 0.25) is 0 Å². The van der Waals surface area contributed by atoms with E-state index in [4.69, 9.17) is 0 Å². The Kier molecular flexibility index (Phi) is 3.23. The highest BCUT2D eigenvalue weighted by Crippen LogP contribution is 2.16. The quantitative estimate of drug-likeness (QED) is 0.848. The first kappa shape index (κ1) is 11.4. The van der Waals surface area contributed by atoms with Gasteiger partial charge in [-0.1, -0.05) is 29.8 Å². The maximum absolute atomic E-state index is 11.1. The highest BCUT2D eigenvalue weighted by atomic mass is 16.1. The van der Waals surface area contributed by atoms with E-state index < -0.39 is 0 Å². The van der Waals surface area contributed by atoms with E-state index in [0.29, 0.717) is 5.82 Å². The van der Waals surface area contributed by atoms with Gasteiger partial charge in [-0.25, -0.2) is 4.98 Å². The van der Waals surface area contributed by atoms with Gasteiger partial charge < -0.3 is 10.3 Å². The van der Waals surface area contributed by atoms with Gasteiger partial charge in [0.25, 0.3) is 5.56 Å². The first-order valence-electron chi connectivity index (χ1n) is 5.53. The smallest absolute Gasteiger partial charge is 0.252 e. The molecular weight excluding hydrogens is 214 g/mol. The van der Waals surface area contributed by atoms with Gasteiger partial charge in [0.05, 0.1) is 6.33 Å². The predicted octanol–water partition coefficient (Wildman–Crippen LogP) is 2.25. The van der Waals surface area contributed by atoms with Crippen LogP contribution in [-0.2, 0) is 0 Å². The number of hydrogen-bond donors (Lipinski definition) is 2. The number of anilines is 1. The van der Waals surface area contributed by atoms with Gasteiger partial charge in [0, 0.05) is 12.1 Å². The number of nitrogens with zero attached hydrogens (tertiary/aromatic N) is 1. The molecule has 17 heavy (non-hydrogen) atoms. The molecule has 0 saturated heterocycles. The fourth-order valence-electron chi connectivity index (χ4n) is 1.61. The predicted molar refractivity (Wildman–Crippen MR) is 68.1 cm³/mol. The number of benzene rings is 1. The normalized spacial score (nSPS) is 12.1. The Balaban J connectivity index is 2.14. The van der Waals surface area contributed by atoms with E-state index in [1.165, 1.54) is 18.0 Å². The lowest BCUT2D eigenvalue weighted by Crippen LogP contribution is -2.12. The second-order valence-corrected chi connectivity index (χ2v) is 4.07. The molecule has 0 radical (unpaired) electrons. The van der Waals surface area contributed by atoms with Crippen molar-refractivity contribution in [2.45, 2.75) is 19.9 Å². The number of aromatic amines is 1. The molecule has 0 aliphatic heterocycles. The lowest BCUT2D eigenvalue weighted by molar-refractivity contribution is 0.869. The molecule has 0 amide bonds. The van der Waals surface area contributed by atoms with Crippen molar-refractivity contribution in [1.29, 1.82) is 0 Å². The minimum absolute atomic E-state index is 0.116. The monoisotopic (exact) mass is 229 g/mol. The van der Waals surface area contributed by atoms with Crippen LogP contribution in [-0.4, -0.2) is 9.97 Å². The van der Waals surface area contributed by atoms with Crippen molar-refractivity contribution in [2.24, 2.45) is 0 Å². The van der Waals surface area contributed by atoms with Gasteiger partial charge in [-0.2, -0.15) is 0 Å². The van der Waals surface area contributed by atoms with Gasteiger partial charge in [-0.05, 0) is 19.4 Å². The third-order valence-corrected chi connectivity index (χ3v) is 2.62. The largest absolute Gasteiger partial charge is 0.363 e. The molecule has 0 aliphatic rings. The number of hydrogen-bond acceptors (Lipinski definition) is 3. The van der Waals surface area contributed by atoms with Gasteiger partial charge in [0.15, 0.2) is 0 Å². The summed E-state index contributed by atoms with van der Waals surface area (Å²) in [6, 6.07) is 9.84. The first-order valence-corrected chi connectivity index (χ1v) is 5.53. The van der Waals surface area contributed by atoms with Crippen LogP contribution in [0.4, 0.5) is 5.82 Å². The van der Waals surface area contributed by atoms with Crippen molar-refractivity contribution in [1.82, 2.24) is 9.97 Å². The van der Waals surface area contributed by atoms with Crippen LogP contribution in [0.5, 0.6) is 0 Å². The van der Waals surface area contributed by atoms with Crippen LogP contribution >= 0.6 is 0 Å². The van der Waals surface area contributed by atoms with Crippen LogP contribution in [0, 0.1) is 6.92 Å². The number of H-pyrrole nitrogens is 1. The van der Waals surface area contributed by atoms with E-state index >= 15 is 0 Å². The third kappa shape index (κ3) is 2.93. The topological polar surface area (TPSA) is 57.8 Å². The standard InChI is InChI=1S/C13H15N3O/c1-9-3-5-11(6-4-9)10(2)16-12-7-13(17)15-8-14-12/h3-8,10H,1-2H3,(H2,14,15,16,17). The average Bonchev–Trinajstić information content (AvgIpc) is 2.29. The Morgan fingerprint density at radius 2 is 2.00 bits per heavy atom. The molecule has 0 spiro atoms. The van der Waals surface area contributed by atoms with Crippen molar-refractivity contribution in [3.05, 3.63) is 58.1 Å². The van der Waals surface area contributed by atoms with Crippen LogP contribution in [0.25, 0.3) is 0 Å². The zero-order chi connectivity index (χ0) is 12.3. The summed E-state index contributed by atoms with van der Waals surface area (Å²) in [5, 5.41) is 3.19. The van der Waals surface area contributed by atoms with E-state index in [1.807, 2.05) is 6.92 Å². The summed E-state index contributed by atoms with van der Waals surface area (Å²) < 4.78 is 0. The van der Waals surface area contributed by atoms with Crippen LogP contribution in [0.1, 0.15) is 24.1 Å². The summed E-state index contributed by atoms with van der Waals surface area (Å²) in [6.07, 6.45) is 1.40. The molecule has 0 bridgehead atoms. The Hall–Kier alpha value is -2.10. The summed E-state index contributed by atoms with van der Waals surface area (Å²) in [7, 11) is 0. The molecule has 1 unspecified atom stereocenters. The molecule has 2 aromatic rings. The van der Waals surface area contributed by atoms with Crippen molar-refractivity contribution in [3.8, 4) is 0 Å². The second kappa shape index (κ2) is 4.82. The molecule has 1 atom stereocenters. The summed E-state index contributed by atoms with van der Waals surface area (Å²) in [5.41, 5.74) is 2.24. The number of aryl methyl sites for hydroxylation is 1. The molecule has 88 valence electrons. The highest BCUT2D eigenvalue weighted by molar-refractivity contribution is 5.36. The lowest BCUT2D eigenvalue weighted by Gasteiger charge is -2.14. The molecule has 4 heteroatoms. The molecule has 2 rings (SSSR count). The zero-order valence-electron chi connectivity index (χ0n) is 9.90. The molecule has 0 saturated carbocycles. The summed E-state index contributed by atoms with van der Waals surface area (Å²) >= 11 is 0. The van der Waals surface area contributed by atoms with Gasteiger partial charge in [0.1, 0.15) is 5.82 Å². The number of aromatic nitrogens is 2. The highest BCUT2D eigenvalue weighted by Gasteiger charge is 2.05. The molecular formula is C13H15N3O. The summed E-state index contributed by atoms with van der Waals surface area (Å²) in [4.78, 5) is 17.7. The van der Waals surface area contributed by atoms with Crippen molar-refractivity contribution in [3.63, 3.8) is 0 Å². The average molecular weight is 229 g/mol. The Labute approximate surface area is 99.7 Å². The SMILES string of the molecule is Cc1ccc(C(C)Nc2cc(=O)[nH]cn2)cc1. The molecule has 4 nitrogen and oxygen atoms in total. The van der Waals surface area contributed by atoms with Crippen molar-refractivity contribution < 1.29 is 0 Å². The summed E-state index contributed by atoms with van der Waals surface area (Å²) in [6.45, 7) is 4.09. The Morgan fingerprint density at radius 3 is 2.65 bits per heavy atom. The molecule has 1 heterocycles. The summed E-state index contributed by atoms with van der Waals surface area (Å²) in [5.74, 6) is 0.585. The zero-order valence-corrected chi connectivity index (χ0v) is 9.90. The molecule has 1 aromatic carbocycles. The molecule has 0 fully saturated rings. The number of rotatable bonds is 3. The second-order valence-electron chi connectivity index (χ2n) is 4.07. The minimum atomic E-state index is -0.154. The maximum atomic E-state index is 11.1. The van der Waals surface area contributed by atoms with E-state index in [2.05, 4.69) is 46.5 Å². The van der Waals surface area contributed by atoms with Crippen LogP contribution in [0.3, 0.4) is 0 Å². The van der Waals surface area contributed by atoms with Gasteiger partial charge in [-0.15, -0.1) is 0 Å². The lowest BCUT2D eigenvalue weighted by atomic mass is 10.1. The molecule has 2 N–H and O–H groups in total. The number of nitrogens with one attached hydrogen (secondary N) is 2. The van der Waals surface area contributed by atoms with Crippen LogP contribution in [0.2, 0.25) is 0 Å². The molecule has 1 aromatic heterocycles. The fourth-order valence-corrected chi connectivity index (χ4v) is 1.61. The van der Waals surface area contributed by atoms with Crippen molar-refractivity contribution in [2.75, 3.05) is 5.32 Å². The van der Waals surface area contributed by atoms with E-state index in [-0.39, 0.29) is 11.6 Å². The van der Waals surface area contributed by atoms with Gasteiger partial charge in [-0.3, -0.25) is 4.79 Å². The first-order chi connectivity index (χ1) is 8.15.